The highest BCUT2D eigenvalue weighted by atomic mass is 32.1. The third kappa shape index (κ3) is 3.23. The monoisotopic (exact) mass is 251 g/mol. The quantitative estimate of drug-likeness (QED) is 0.821. The van der Waals surface area contributed by atoms with Gasteiger partial charge in [0.05, 0.1) is 10.4 Å². The smallest absolute Gasteiger partial charge is 0.235 e. The van der Waals surface area contributed by atoms with E-state index in [2.05, 4.69) is 4.98 Å². The van der Waals surface area contributed by atoms with E-state index in [4.69, 9.17) is 18.0 Å². The van der Waals surface area contributed by atoms with Crippen LogP contribution < -0.4 is 5.73 Å². The number of aromatic nitrogens is 1. The van der Waals surface area contributed by atoms with E-state index >= 15 is 0 Å². The third-order valence-electron chi connectivity index (χ3n) is 2.67. The zero-order valence-electron chi connectivity index (χ0n) is 10.3. The van der Waals surface area contributed by atoms with Crippen LogP contribution in [-0.2, 0) is 11.3 Å². The standard InChI is InChI=1S/C12H17N3OS/c1-12(2,10(13)17)11(16)15(3)8-9-4-6-14-7-5-9/h4-7H,8H2,1-3H3,(H2,13,17). The number of hydrogen-bond donors (Lipinski definition) is 1. The average Bonchev–Trinajstić information content (AvgIpc) is 2.29. The molecule has 1 aromatic heterocycles. The molecule has 1 heterocycles. The predicted molar refractivity (Wildman–Crippen MR) is 71.3 cm³/mol. The highest BCUT2D eigenvalue weighted by Gasteiger charge is 2.33. The Labute approximate surface area is 107 Å². The molecule has 2 N–H and O–H groups in total. The Morgan fingerprint density at radius 3 is 2.47 bits per heavy atom. The Bertz CT molecular complexity index is 417. The van der Waals surface area contributed by atoms with Crippen LogP contribution in [0.3, 0.4) is 0 Å². The summed E-state index contributed by atoms with van der Waals surface area (Å²) in [6.07, 6.45) is 3.40. The zero-order valence-corrected chi connectivity index (χ0v) is 11.1. The van der Waals surface area contributed by atoms with Crippen LogP contribution in [0.1, 0.15) is 19.4 Å². The normalized spacial score (nSPS) is 11.0. The van der Waals surface area contributed by atoms with Gasteiger partial charge >= 0.3 is 0 Å². The van der Waals surface area contributed by atoms with Gasteiger partial charge in [0.25, 0.3) is 0 Å². The van der Waals surface area contributed by atoms with Gasteiger partial charge in [-0.3, -0.25) is 9.78 Å². The van der Waals surface area contributed by atoms with Gasteiger partial charge in [0.15, 0.2) is 0 Å². The number of rotatable bonds is 4. The molecular formula is C12H17N3OS. The predicted octanol–water partition coefficient (Wildman–Crippen LogP) is 1.35. The summed E-state index contributed by atoms with van der Waals surface area (Å²) in [5.74, 6) is -0.0817. The van der Waals surface area contributed by atoms with Crippen LogP contribution in [0.4, 0.5) is 0 Å². The zero-order chi connectivity index (χ0) is 13.1. The molecule has 0 radical (unpaired) electrons. The highest BCUT2D eigenvalue weighted by molar-refractivity contribution is 7.80. The lowest BCUT2D eigenvalue weighted by molar-refractivity contribution is -0.136. The van der Waals surface area contributed by atoms with Crippen LogP contribution >= 0.6 is 12.2 Å². The Kier molecular flexibility index (Phi) is 4.17. The van der Waals surface area contributed by atoms with Gasteiger partial charge in [-0.05, 0) is 31.5 Å². The molecule has 1 aromatic rings. The minimum atomic E-state index is -0.808. The number of nitrogens with two attached hydrogens (primary N) is 1. The van der Waals surface area contributed by atoms with E-state index in [1.807, 2.05) is 12.1 Å². The number of carbonyl (C=O) groups is 1. The Morgan fingerprint density at radius 2 is 2.00 bits per heavy atom. The summed E-state index contributed by atoms with van der Waals surface area (Å²) in [6.45, 7) is 3.99. The van der Waals surface area contributed by atoms with Crippen molar-refractivity contribution in [1.82, 2.24) is 9.88 Å². The maximum Gasteiger partial charge on any atom is 0.235 e. The molecule has 0 aliphatic rings. The van der Waals surface area contributed by atoms with Crippen LogP contribution in [0.5, 0.6) is 0 Å². The van der Waals surface area contributed by atoms with E-state index in [1.54, 1.807) is 38.2 Å². The Morgan fingerprint density at radius 1 is 1.47 bits per heavy atom. The summed E-state index contributed by atoms with van der Waals surface area (Å²) < 4.78 is 0. The van der Waals surface area contributed by atoms with Crippen molar-refractivity contribution in [2.45, 2.75) is 20.4 Å². The number of hydrogen-bond acceptors (Lipinski definition) is 3. The molecular weight excluding hydrogens is 234 g/mol. The second-order valence-corrected chi connectivity index (χ2v) is 4.95. The number of thiocarbonyl (C=S) groups is 1. The van der Waals surface area contributed by atoms with Crippen molar-refractivity contribution < 1.29 is 4.79 Å². The second kappa shape index (κ2) is 5.23. The summed E-state index contributed by atoms with van der Waals surface area (Å²) in [4.78, 5) is 17.9. The van der Waals surface area contributed by atoms with Gasteiger partial charge in [0.1, 0.15) is 0 Å². The summed E-state index contributed by atoms with van der Waals surface area (Å²) in [5, 5.41) is 0. The minimum Gasteiger partial charge on any atom is -0.392 e. The fourth-order valence-corrected chi connectivity index (χ4v) is 1.50. The van der Waals surface area contributed by atoms with Crippen LogP contribution in [0, 0.1) is 5.41 Å². The maximum absolute atomic E-state index is 12.2. The largest absolute Gasteiger partial charge is 0.392 e. The van der Waals surface area contributed by atoms with Crippen molar-refractivity contribution in [1.29, 1.82) is 0 Å². The molecule has 0 aliphatic carbocycles. The van der Waals surface area contributed by atoms with Crippen molar-refractivity contribution >= 4 is 23.1 Å². The lowest BCUT2D eigenvalue weighted by Crippen LogP contribution is -2.45. The molecule has 0 unspecified atom stereocenters. The van der Waals surface area contributed by atoms with Gasteiger partial charge in [-0.25, -0.2) is 0 Å². The molecule has 0 atom stereocenters. The van der Waals surface area contributed by atoms with Crippen molar-refractivity contribution in [2.24, 2.45) is 11.1 Å². The third-order valence-corrected chi connectivity index (χ3v) is 3.18. The van der Waals surface area contributed by atoms with E-state index in [9.17, 15) is 4.79 Å². The molecule has 1 rings (SSSR count). The van der Waals surface area contributed by atoms with Crippen LogP contribution in [0.2, 0.25) is 0 Å². The first-order valence-electron chi connectivity index (χ1n) is 5.30. The molecule has 0 aromatic carbocycles. The fraction of sp³-hybridized carbons (Fsp3) is 0.417. The van der Waals surface area contributed by atoms with E-state index in [-0.39, 0.29) is 10.9 Å². The topological polar surface area (TPSA) is 59.2 Å². The first kappa shape index (κ1) is 13.6. The maximum atomic E-state index is 12.2. The van der Waals surface area contributed by atoms with Crippen molar-refractivity contribution in [3.8, 4) is 0 Å². The number of nitrogens with zero attached hydrogens (tertiary/aromatic N) is 2. The van der Waals surface area contributed by atoms with E-state index in [0.717, 1.165) is 5.56 Å². The molecule has 0 saturated carbocycles. The SMILES string of the molecule is CN(Cc1ccncc1)C(=O)C(C)(C)C(N)=S. The molecule has 4 nitrogen and oxygen atoms in total. The minimum absolute atomic E-state index is 0.0817. The highest BCUT2D eigenvalue weighted by Crippen LogP contribution is 2.19. The van der Waals surface area contributed by atoms with Crippen molar-refractivity contribution in [3.05, 3.63) is 30.1 Å². The summed E-state index contributed by atoms with van der Waals surface area (Å²) in [6, 6.07) is 3.75. The Hall–Kier alpha value is -1.49. The van der Waals surface area contributed by atoms with Crippen molar-refractivity contribution in [2.75, 3.05) is 7.05 Å². The molecule has 5 heteroatoms. The van der Waals surface area contributed by atoms with Crippen molar-refractivity contribution in [3.63, 3.8) is 0 Å². The summed E-state index contributed by atoms with van der Waals surface area (Å²) in [7, 11) is 1.74. The van der Waals surface area contributed by atoms with Crippen LogP contribution in [-0.4, -0.2) is 27.8 Å². The van der Waals surface area contributed by atoms with E-state index in [0.29, 0.717) is 6.54 Å². The lowest BCUT2D eigenvalue weighted by atomic mass is 9.91. The molecule has 0 fully saturated rings. The first-order valence-corrected chi connectivity index (χ1v) is 5.71. The molecule has 0 bridgehead atoms. The molecule has 0 spiro atoms. The Balaban J connectivity index is 2.75. The number of carbonyl (C=O) groups excluding carboxylic acids is 1. The molecule has 0 saturated heterocycles. The van der Waals surface area contributed by atoms with Gasteiger partial charge in [0, 0.05) is 26.0 Å². The van der Waals surface area contributed by atoms with Gasteiger partial charge < -0.3 is 10.6 Å². The lowest BCUT2D eigenvalue weighted by Gasteiger charge is -2.28. The van der Waals surface area contributed by atoms with E-state index < -0.39 is 5.41 Å². The van der Waals surface area contributed by atoms with E-state index in [1.165, 1.54) is 0 Å². The summed E-state index contributed by atoms with van der Waals surface area (Å²) in [5.41, 5.74) is 5.79. The van der Waals surface area contributed by atoms with Gasteiger partial charge in [0.2, 0.25) is 5.91 Å². The number of amides is 1. The summed E-state index contributed by atoms with van der Waals surface area (Å²) >= 11 is 4.91. The first-order chi connectivity index (χ1) is 7.85. The molecule has 92 valence electrons. The van der Waals surface area contributed by atoms with Crippen LogP contribution in [0.25, 0.3) is 0 Å². The number of pyridine rings is 1. The van der Waals surface area contributed by atoms with Gasteiger partial charge in [-0.2, -0.15) is 0 Å². The second-order valence-electron chi connectivity index (χ2n) is 4.51. The average molecular weight is 251 g/mol. The molecule has 1 amide bonds. The molecule has 17 heavy (non-hydrogen) atoms. The van der Waals surface area contributed by atoms with Crippen LogP contribution in [0.15, 0.2) is 24.5 Å². The van der Waals surface area contributed by atoms with Gasteiger partial charge in [-0.15, -0.1) is 0 Å². The van der Waals surface area contributed by atoms with Gasteiger partial charge in [-0.1, -0.05) is 12.2 Å². The molecule has 0 aliphatic heterocycles. The fourth-order valence-electron chi connectivity index (χ4n) is 1.42.